The van der Waals surface area contributed by atoms with Crippen molar-refractivity contribution in [1.29, 1.82) is 0 Å². The standard InChI is InChI=1S/C24H24ClNO2/c25-23-13-7-6-10-20(23)14-15-24(27)26-16-21-11-4-5-12-22(21)18-28-17-19-8-2-1-3-9-19/h1-13H,14-18H2,(H,26,27). The highest BCUT2D eigenvalue weighted by atomic mass is 35.5. The van der Waals surface area contributed by atoms with E-state index in [1.807, 2.05) is 78.9 Å². The first kappa shape index (κ1) is 20.1. The van der Waals surface area contributed by atoms with Gasteiger partial charge in [-0.05, 0) is 34.7 Å². The van der Waals surface area contributed by atoms with Crippen molar-refractivity contribution in [3.05, 3.63) is 106 Å². The normalized spacial score (nSPS) is 10.6. The van der Waals surface area contributed by atoms with E-state index in [0.717, 1.165) is 22.3 Å². The van der Waals surface area contributed by atoms with Crippen molar-refractivity contribution >= 4 is 17.5 Å². The van der Waals surface area contributed by atoms with Crippen molar-refractivity contribution in [3.8, 4) is 0 Å². The van der Waals surface area contributed by atoms with Gasteiger partial charge in [0.25, 0.3) is 0 Å². The third kappa shape index (κ3) is 6.22. The van der Waals surface area contributed by atoms with E-state index in [4.69, 9.17) is 16.3 Å². The van der Waals surface area contributed by atoms with Gasteiger partial charge >= 0.3 is 0 Å². The molecule has 0 spiro atoms. The fourth-order valence-corrected chi connectivity index (χ4v) is 3.19. The molecule has 0 atom stereocenters. The first-order valence-electron chi connectivity index (χ1n) is 9.41. The third-order valence-corrected chi connectivity index (χ3v) is 4.91. The van der Waals surface area contributed by atoms with Crippen LogP contribution in [0.5, 0.6) is 0 Å². The van der Waals surface area contributed by atoms with Gasteiger partial charge in [0, 0.05) is 18.0 Å². The van der Waals surface area contributed by atoms with Crippen LogP contribution < -0.4 is 5.32 Å². The molecule has 3 aromatic carbocycles. The molecule has 144 valence electrons. The second-order valence-corrected chi connectivity index (χ2v) is 7.02. The fourth-order valence-electron chi connectivity index (χ4n) is 2.96. The summed E-state index contributed by atoms with van der Waals surface area (Å²) in [4.78, 5) is 12.2. The van der Waals surface area contributed by atoms with E-state index in [1.165, 1.54) is 0 Å². The predicted molar refractivity (Wildman–Crippen MR) is 113 cm³/mol. The van der Waals surface area contributed by atoms with Crippen LogP contribution in [0.25, 0.3) is 0 Å². The highest BCUT2D eigenvalue weighted by Gasteiger charge is 2.07. The fraction of sp³-hybridized carbons (Fsp3) is 0.208. The van der Waals surface area contributed by atoms with E-state index in [1.54, 1.807) is 0 Å². The van der Waals surface area contributed by atoms with E-state index in [-0.39, 0.29) is 5.91 Å². The summed E-state index contributed by atoms with van der Waals surface area (Å²) in [6, 6.07) is 25.8. The summed E-state index contributed by atoms with van der Waals surface area (Å²) < 4.78 is 5.84. The quantitative estimate of drug-likeness (QED) is 0.535. The molecule has 1 amide bonds. The summed E-state index contributed by atoms with van der Waals surface area (Å²) in [6.45, 7) is 1.58. The number of carbonyl (C=O) groups is 1. The SMILES string of the molecule is O=C(CCc1ccccc1Cl)NCc1ccccc1COCc1ccccc1. The molecule has 4 heteroatoms. The minimum Gasteiger partial charge on any atom is -0.372 e. The number of aryl methyl sites for hydroxylation is 1. The molecule has 28 heavy (non-hydrogen) atoms. The van der Waals surface area contributed by atoms with Gasteiger partial charge in [0.1, 0.15) is 0 Å². The zero-order valence-corrected chi connectivity index (χ0v) is 16.5. The maximum absolute atomic E-state index is 12.2. The minimum absolute atomic E-state index is 0.0138. The van der Waals surface area contributed by atoms with E-state index < -0.39 is 0 Å². The summed E-state index contributed by atoms with van der Waals surface area (Å²) in [5.41, 5.74) is 4.30. The molecule has 0 saturated heterocycles. The molecular formula is C24H24ClNO2. The highest BCUT2D eigenvalue weighted by Crippen LogP contribution is 2.16. The van der Waals surface area contributed by atoms with Gasteiger partial charge in [0.2, 0.25) is 5.91 Å². The molecule has 3 aromatic rings. The number of hydrogen-bond acceptors (Lipinski definition) is 2. The van der Waals surface area contributed by atoms with Gasteiger partial charge in [-0.2, -0.15) is 0 Å². The number of carbonyl (C=O) groups excluding carboxylic acids is 1. The summed E-state index contributed by atoms with van der Waals surface area (Å²) in [5, 5.41) is 3.70. The Hall–Kier alpha value is -2.62. The average Bonchev–Trinajstić information content (AvgIpc) is 2.73. The van der Waals surface area contributed by atoms with Gasteiger partial charge in [-0.1, -0.05) is 84.4 Å². The van der Waals surface area contributed by atoms with Gasteiger partial charge in [-0.3, -0.25) is 4.79 Å². The lowest BCUT2D eigenvalue weighted by Crippen LogP contribution is -2.23. The first-order valence-corrected chi connectivity index (χ1v) is 9.79. The van der Waals surface area contributed by atoms with Crippen LogP contribution in [-0.2, 0) is 35.7 Å². The Bertz CT molecular complexity index is 896. The van der Waals surface area contributed by atoms with Crippen LogP contribution in [0.15, 0.2) is 78.9 Å². The van der Waals surface area contributed by atoms with Crippen LogP contribution in [-0.4, -0.2) is 5.91 Å². The Labute approximate surface area is 171 Å². The molecular weight excluding hydrogens is 370 g/mol. The Morgan fingerprint density at radius 3 is 2.18 bits per heavy atom. The van der Waals surface area contributed by atoms with Crippen LogP contribution in [0.4, 0.5) is 0 Å². The van der Waals surface area contributed by atoms with Gasteiger partial charge < -0.3 is 10.1 Å². The van der Waals surface area contributed by atoms with Crippen LogP contribution in [0.3, 0.4) is 0 Å². The molecule has 3 rings (SSSR count). The number of hydrogen-bond donors (Lipinski definition) is 1. The van der Waals surface area contributed by atoms with E-state index in [9.17, 15) is 4.79 Å². The highest BCUT2D eigenvalue weighted by molar-refractivity contribution is 6.31. The molecule has 0 heterocycles. The number of ether oxygens (including phenoxy) is 1. The topological polar surface area (TPSA) is 38.3 Å². The molecule has 0 aliphatic rings. The average molecular weight is 394 g/mol. The molecule has 0 aliphatic heterocycles. The molecule has 0 radical (unpaired) electrons. The first-order chi connectivity index (χ1) is 13.7. The number of benzene rings is 3. The minimum atomic E-state index is 0.0138. The second kappa shape index (κ2) is 10.6. The molecule has 0 bridgehead atoms. The van der Waals surface area contributed by atoms with E-state index in [2.05, 4.69) is 5.32 Å². The van der Waals surface area contributed by atoms with Crippen LogP contribution in [0.2, 0.25) is 5.02 Å². The molecule has 0 aromatic heterocycles. The van der Waals surface area contributed by atoms with Crippen molar-refractivity contribution in [3.63, 3.8) is 0 Å². The van der Waals surface area contributed by atoms with E-state index >= 15 is 0 Å². The zero-order chi connectivity index (χ0) is 19.6. The van der Waals surface area contributed by atoms with E-state index in [0.29, 0.717) is 37.6 Å². The van der Waals surface area contributed by atoms with Gasteiger partial charge in [-0.25, -0.2) is 0 Å². The predicted octanol–water partition coefficient (Wildman–Crippen LogP) is 5.31. The van der Waals surface area contributed by atoms with Crippen LogP contribution in [0.1, 0.15) is 28.7 Å². The molecule has 3 nitrogen and oxygen atoms in total. The van der Waals surface area contributed by atoms with Gasteiger partial charge in [0.15, 0.2) is 0 Å². The smallest absolute Gasteiger partial charge is 0.220 e. The summed E-state index contributed by atoms with van der Waals surface area (Å²) in [5.74, 6) is 0.0138. The number of rotatable bonds is 9. The lowest BCUT2D eigenvalue weighted by Gasteiger charge is -2.12. The molecule has 0 aliphatic carbocycles. The lowest BCUT2D eigenvalue weighted by atomic mass is 10.1. The molecule has 0 fully saturated rings. The maximum Gasteiger partial charge on any atom is 0.220 e. The van der Waals surface area contributed by atoms with Crippen molar-refractivity contribution in [2.24, 2.45) is 0 Å². The van der Waals surface area contributed by atoms with Crippen molar-refractivity contribution in [1.82, 2.24) is 5.32 Å². The second-order valence-electron chi connectivity index (χ2n) is 6.62. The number of amides is 1. The number of nitrogens with one attached hydrogen (secondary N) is 1. The molecule has 0 saturated carbocycles. The third-order valence-electron chi connectivity index (χ3n) is 4.54. The number of halogens is 1. The van der Waals surface area contributed by atoms with Crippen LogP contribution in [0, 0.1) is 0 Å². The molecule has 0 unspecified atom stereocenters. The van der Waals surface area contributed by atoms with Crippen molar-refractivity contribution in [2.75, 3.05) is 0 Å². The largest absolute Gasteiger partial charge is 0.372 e. The Kier molecular flexibility index (Phi) is 7.65. The van der Waals surface area contributed by atoms with Crippen molar-refractivity contribution in [2.45, 2.75) is 32.6 Å². The Morgan fingerprint density at radius 1 is 0.786 bits per heavy atom. The van der Waals surface area contributed by atoms with Gasteiger partial charge in [-0.15, -0.1) is 0 Å². The molecule has 1 N–H and O–H groups in total. The van der Waals surface area contributed by atoms with Crippen LogP contribution >= 0.6 is 11.6 Å². The summed E-state index contributed by atoms with van der Waals surface area (Å²) in [7, 11) is 0. The van der Waals surface area contributed by atoms with Crippen molar-refractivity contribution < 1.29 is 9.53 Å². The summed E-state index contributed by atoms with van der Waals surface area (Å²) >= 11 is 6.15. The maximum atomic E-state index is 12.2. The monoisotopic (exact) mass is 393 g/mol. The lowest BCUT2D eigenvalue weighted by molar-refractivity contribution is -0.121. The summed E-state index contributed by atoms with van der Waals surface area (Å²) in [6.07, 6.45) is 1.05. The zero-order valence-electron chi connectivity index (χ0n) is 15.7. The van der Waals surface area contributed by atoms with Gasteiger partial charge in [0.05, 0.1) is 13.2 Å². The Morgan fingerprint density at radius 2 is 1.43 bits per heavy atom. The Balaban J connectivity index is 1.47.